The maximum Gasteiger partial charge on any atom is 0.416 e. The normalized spacial score (nSPS) is 22.4. The molecule has 0 aliphatic carbocycles. The molecule has 31 heavy (non-hydrogen) atoms. The van der Waals surface area contributed by atoms with E-state index in [0.717, 1.165) is 34.8 Å². The highest BCUT2D eigenvalue weighted by Gasteiger charge is 2.32. The molecule has 0 bridgehead atoms. The first-order chi connectivity index (χ1) is 14.5. The van der Waals surface area contributed by atoms with Crippen LogP contribution in [0.3, 0.4) is 0 Å². The average molecular weight is 471 g/mol. The molecule has 1 atom stereocenters. The number of amidine groups is 1. The predicted molar refractivity (Wildman–Crippen MR) is 117 cm³/mol. The Bertz CT molecular complexity index is 1180. The number of nitrogens with one attached hydrogen (secondary N) is 1. The van der Waals surface area contributed by atoms with Gasteiger partial charge in [0, 0.05) is 28.7 Å². The van der Waals surface area contributed by atoms with E-state index in [0.29, 0.717) is 17.3 Å². The number of rotatable bonds is 3. The first-order valence-electron chi connectivity index (χ1n) is 9.64. The molecule has 2 aromatic rings. The Labute approximate surface area is 182 Å². The number of nitrogens with zero attached hydrogens (tertiary/aromatic N) is 3. The van der Waals surface area contributed by atoms with Gasteiger partial charge in [-0.1, -0.05) is 17.8 Å². The van der Waals surface area contributed by atoms with Gasteiger partial charge in [0.1, 0.15) is 0 Å². The molecule has 1 N–H and O–H groups in total. The van der Waals surface area contributed by atoms with Crippen LogP contribution in [0.4, 0.5) is 18.9 Å². The first kappa shape index (κ1) is 21.9. The van der Waals surface area contributed by atoms with E-state index in [1.807, 2.05) is 19.9 Å². The summed E-state index contributed by atoms with van der Waals surface area (Å²) in [6, 6.07) is 6.76. The molecule has 0 spiro atoms. The van der Waals surface area contributed by atoms with Crippen molar-refractivity contribution in [1.29, 1.82) is 0 Å². The van der Waals surface area contributed by atoms with E-state index in [9.17, 15) is 21.6 Å². The fourth-order valence-electron chi connectivity index (χ4n) is 3.99. The third kappa shape index (κ3) is 4.67. The zero-order chi connectivity index (χ0) is 22.4. The highest BCUT2D eigenvalue weighted by atomic mass is 32.2. The van der Waals surface area contributed by atoms with Crippen molar-refractivity contribution in [2.75, 3.05) is 17.3 Å². The molecule has 11 heteroatoms. The van der Waals surface area contributed by atoms with Crippen LogP contribution >= 0.6 is 11.8 Å². The molecule has 1 aromatic heterocycles. The van der Waals surface area contributed by atoms with Gasteiger partial charge in [-0.25, -0.2) is 13.4 Å². The summed E-state index contributed by atoms with van der Waals surface area (Å²) in [7, 11) is -3.00. The molecule has 6 nitrogen and oxygen atoms in total. The maximum atomic E-state index is 12.9. The molecule has 1 fully saturated rings. The van der Waals surface area contributed by atoms with Gasteiger partial charge in [-0.15, -0.1) is 0 Å². The second-order valence-electron chi connectivity index (χ2n) is 7.64. The number of aromatic nitrogens is 1. The Kier molecular flexibility index (Phi) is 5.67. The van der Waals surface area contributed by atoms with Crippen molar-refractivity contribution in [2.45, 2.75) is 32.5 Å². The summed E-state index contributed by atoms with van der Waals surface area (Å²) in [5.74, 6) is 0.853. The second-order valence-corrected chi connectivity index (χ2v) is 10.8. The SMILES string of the molecule is Cc1cc(C2=NNC(=Nc3cccc(C(F)(F)F)c3)SC2)c(C)n1C1CCS(=O)(=O)C1. The summed E-state index contributed by atoms with van der Waals surface area (Å²) in [6.07, 6.45) is -3.82. The second kappa shape index (κ2) is 8.01. The zero-order valence-electron chi connectivity index (χ0n) is 16.9. The van der Waals surface area contributed by atoms with E-state index < -0.39 is 21.6 Å². The van der Waals surface area contributed by atoms with E-state index in [1.54, 1.807) is 0 Å². The van der Waals surface area contributed by atoms with Gasteiger partial charge in [0.2, 0.25) is 0 Å². The van der Waals surface area contributed by atoms with Crippen LogP contribution in [0.1, 0.15) is 35.0 Å². The summed E-state index contributed by atoms with van der Waals surface area (Å²) in [6.45, 7) is 3.90. The van der Waals surface area contributed by atoms with E-state index in [4.69, 9.17) is 0 Å². The van der Waals surface area contributed by atoms with E-state index in [-0.39, 0.29) is 23.2 Å². The summed E-state index contributed by atoms with van der Waals surface area (Å²) in [5.41, 5.74) is 5.93. The summed E-state index contributed by atoms with van der Waals surface area (Å²) in [4.78, 5) is 4.23. The first-order valence-corrected chi connectivity index (χ1v) is 12.4. The average Bonchev–Trinajstić information content (AvgIpc) is 3.20. The lowest BCUT2D eigenvalue weighted by molar-refractivity contribution is -0.137. The van der Waals surface area contributed by atoms with Crippen LogP contribution in [-0.4, -0.2) is 41.1 Å². The molecular weight excluding hydrogens is 449 g/mol. The monoisotopic (exact) mass is 470 g/mol. The molecule has 1 aromatic carbocycles. The highest BCUT2D eigenvalue weighted by Crippen LogP contribution is 2.32. The minimum atomic E-state index is -4.42. The van der Waals surface area contributed by atoms with Gasteiger partial charge < -0.3 is 4.57 Å². The lowest BCUT2D eigenvalue weighted by atomic mass is 10.1. The van der Waals surface area contributed by atoms with Crippen LogP contribution in [0.2, 0.25) is 0 Å². The third-order valence-corrected chi connectivity index (χ3v) is 8.03. The lowest BCUT2D eigenvalue weighted by Gasteiger charge is -2.18. The topological polar surface area (TPSA) is 75.8 Å². The largest absolute Gasteiger partial charge is 0.416 e. The molecule has 0 radical (unpaired) electrons. The number of aryl methyl sites for hydroxylation is 1. The number of alkyl halides is 3. The van der Waals surface area contributed by atoms with Crippen LogP contribution in [0, 0.1) is 13.8 Å². The van der Waals surface area contributed by atoms with E-state index in [2.05, 4.69) is 20.1 Å². The third-order valence-electron chi connectivity index (χ3n) is 5.41. The van der Waals surface area contributed by atoms with Gasteiger partial charge in [-0.2, -0.15) is 18.3 Å². The van der Waals surface area contributed by atoms with Gasteiger partial charge >= 0.3 is 6.18 Å². The molecule has 0 saturated carbocycles. The van der Waals surface area contributed by atoms with Crippen molar-refractivity contribution >= 4 is 38.2 Å². The smallest absolute Gasteiger partial charge is 0.344 e. The number of benzene rings is 1. The maximum absolute atomic E-state index is 12.9. The predicted octanol–water partition coefficient (Wildman–Crippen LogP) is 4.21. The molecule has 4 rings (SSSR count). The number of thioether (sulfide) groups is 1. The van der Waals surface area contributed by atoms with Crippen LogP contribution in [0.25, 0.3) is 0 Å². The fourth-order valence-corrected chi connectivity index (χ4v) is 6.46. The van der Waals surface area contributed by atoms with Crippen molar-refractivity contribution in [2.24, 2.45) is 10.1 Å². The van der Waals surface area contributed by atoms with Gasteiger partial charge in [-0.05, 0) is 44.5 Å². The Morgan fingerprint density at radius 3 is 2.65 bits per heavy atom. The van der Waals surface area contributed by atoms with Crippen LogP contribution in [-0.2, 0) is 16.0 Å². The van der Waals surface area contributed by atoms with Gasteiger partial charge in [0.15, 0.2) is 15.0 Å². The van der Waals surface area contributed by atoms with Gasteiger partial charge in [0.05, 0.1) is 28.5 Å². The number of aliphatic imine (C=N–C) groups is 1. The number of halogens is 3. The Morgan fingerprint density at radius 1 is 1.26 bits per heavy atom. The molecule has 2 aliphatic heterocycles. The minimum Gasteiger partial charge on any atom is -0.344 e. The molecule has 1 saturated heterocycles. The number of hydrogen-bond donors (Lipinski definition) is 1. The fraction of sp³-hybridized carbons (Fsp3) is 0.400. The summed E-state index contributed by atoms with van der Waals surface area (Å²) in [5, 5.41) is 4.80. The van der Waals surface area contributed by atoms with Gasteiger partial charge in [0.25, 0.3) is 0 Å². The Morgan fingerprint density at radius 2 is 2.03 bits per heavy atom. The van der Waals surface area contributed by atoms with Crippen molar-refractivity contribution < 1.29 is 21.6 Å². The Hall–Kier alpha value is -2.27. The summed E-state index contributed by atoms with van der Waals surface area (Å²) >= 11 is 1.35. The van der Waals surface area contributed by atoms with Crippen molar-refractivity contribution in [3.05, 3.63) is 52.8 Å². The molecule has 3 heterocycles. The lowest BCUT2D eigenvalue weighted by Crippen LogP contribution is -2.25. The minimum absolute atomic E-state index is 0.0680. The molecule has 2 aliphatic rings. The van der Waals surface area contributed by atoms with E-state index in [1.165, 1.54) is 23.9 Å². The zero-order valence-corrected chi connectivity index (χ0v) is 18.5. The number of hydrogen-bond acceptors (Lipinski definition) is 5. The highest BCUT2D eigenvalue weighted by molar-refractivity contribution is 8.14. The summed E-state index contributed by atoms with van der Waals surface area (Å²) < 4.78 is 64.5. The molecular formula is C20H21F3N4O2S2. The number of sulfone groups is 1. The van der Waals surface area contributed by atoms with Gasteiger partial charge in [-0.3, -0.25) is 5.43 Å². The quantitative estimate of drug-likeness (QED) is 0.729. The molecule has 0 amide bonds. The van der Waals surface area contributed by atoms with E-state index >= 15 is 0 Å². The van der Waals surface area contributed by atoms with Crippen LogP contribution in [0.5, 0.6) is 0 Å². The molecule has 1 unspecified atom stereocenters. The van der Waals surface area contributed by atoms with Crippen molar-refractivity contribution in [3.63, 3.8) is 0 Å². The van der Waals surface area contributed by atoms with Crippen molar-refractivity contribution in [3.8, 4) is 0 Å². The van der Waals surface area contributed by atoms with Crippen LogP contribution < -0.4 is 5.43 Å². The standard InChI is InChI=1S/C20H21F3N4O2S2/c1-12-8-17(13(2)27(12)16-6-7-31(28,29)11-16)18-10-30-19(26-25-18)24-15-5-3-4-14(9-15)20(21,22)23/h3-5,8-9,16H,6-7,10-11H2,1-2H3,(H,24,26). The Balaban J connectivity index is 1.54. The van der Waals surface area contributed by atoms with Crippen molar-refractivity contribution in [1.82, 2.24) is 9.99 Å². The number of hydrazone groups is 1. The molecule has 166 valence electrons. The van der Waals surface area contributed by atoms with Crippen LogP contribution in [0.15, 0.2) is 40.4 Å².